The molecule has 0 saturated heterocycles. The summed E-state index contributed by atoms with van der Waals surface area (Å²) in [5.74, 6) is 1.18. The average Bonchev–Trinajstić information content (AvgIpc) is 2.89. The van der Waals surface area contributed by atoms with E-state index in [1.165, 1.54) is 5.56 Å². The summed E-state index contributed by atoms with van der Waals surface area (Å²) in [6.07, 6.45) is 1.96. The molecule has 0 aliphatic carbocycles. The molecular formula is C15H19N3O2. The molecule has 106 valence electrons. The largest absolute Gasteiger partial charge is 0.356 e. The van der Waals surface area contributed by atoms with Crippen molar-refractivity contribution in [2.24, 2.45) is 0 Å². The lowest BCUT2D eigenvalue weighted by atomic mass is 10.1. The van der Waals surface area contributed by atoms with Crippen molar-refractivity contribution in [3.63, 3.8) is 0 Å². The highest BCUT2D eigenvalue weighted by atomic mass is 16.5. The number of rotatable bonds is 6. The number of amides is 1. The van der Waals surface area contributed by atoms with E-state index in [1.807, 2.05) is 38.1 Å². The quantitative estimate of drug-likeness (QED) is 0.878. The number of benzene rings is 1. The summed E-state index contributed by atoms with van der Waals surface area (Å²) in [5, 5.41) is 6.77. The molecule has 0 unspecified atom stereocenters. The molecule has 1 N–H and O–H groups in total. The number of carbonyl (C=O) groups excluding carboxylic acids is 1. The molecule has 1 aromatic carbocycles. The van der Waals surface area contributed by atoms with E-state index >= 15 is 0 Å². The van der Waals surface area contributed by atoms with Crippen LogP contribution in [0.15, 0.2) is 28.8 Å². The molecule has 0 radical (unpaired) electrons. The summed E-state index contributed by atoms with van der Waals surface area (Å²) in [6, 6.07) is 7.95. The smallest absolute Gasteiger partial charge is 0.228 e. The van der Waals surface area contributed by atoms with Gasteiger partial charge in [-0.15, -0.1) is 0 Å². The summed E-state index contributed by atoms with van der Waals surface area (Å²) < 4.78 is 5.18. The molecule has 5 nitrogen and oxygen atoms in total. The Bertz CT molecular complexity index is 561. The van der Waals surface area contributed by atoms with Crippen molar-refractivity contribution in [1.29, 1.82) is 0 Å². The van der Waals surface area contributed by atoms with Gasteiger partial charge in [-0.25, -0.2) is 0 Å². The minimum absolute atomic E-state index is 0.0609. The van der Waals surface area contributed by atoms with Crippen LogP contribution in [0.2, 0.25) is 0 Å². The Morgan fingerprint density at radius 1 is 1.30 bits per heavy atom. The van der Waals surface area contributed by atoms with Crippen LogP contribution in [-0.4, -0.2) is 22.6 Å². The van der Waals surface area contributed by atoms with Gasteiger partial charge < -0.3 is 9.84 Å². The van der Waals surface area contributed by atoms with Gasteiger partial charge in [0.25, 0.3) is 0 Å². The molecule has 0 fully saturated rings. The third-order valence-corrected chi connectivity index (χ3v) is 2.92. The lowest BCUT2D eigenvalue weighted by Crippen LogP contribution is -2.25. The number of hydrogen-bond donors (Lipinski definition) is 1. The Morgan fingerprint density at radius 2 is 2.05 bits per heavy atom. The average molecular weight is 273 g/mol. The number of nitrogens with one attached hydrogen (secondary N) is 1. The lowest BCUT2D eigenvalue weighted by Gasteiger charge is -2.00. The van der Waals surface area contributed by atoms with E-state index in [1.54, 1.807) is 0 Å². The molecule has 2 aromatic rings. The van der Waals surface area contributed by atoms with Crippen molar-refractivity contribution in [3.8, 4) is 11.4 Å². The standard InChI is InChI=1S/C15H19N3O2/c1-3-4-13(19)16-10-9-14-17-15(18-20-14)12-7-5-11(2)6-8-12/h5-8H,3-4,9-10H2,1-2H3,(H,16,19). The number of aromatic nitrogens is 2. The molecule has 0 spiro atoms. The van der Waals surface area contributed by atoms with Gasteiger partial charge in [0.05, 0.1) is 0 Å². The van der Waals surface area contributed by atoms with E-state index in [9.17, 15) is 4.79 Å². The molecule has 5 heteroatoms. The van der Waals surface area contributed by atoms with Crippen LogP contribution in [0.1, 0.15) is 31.2 Å². The first kappa shape index (κ1) is 14.2. The zero-order valence-corrected chi connectivity index (χ0v) is 11.8. The monoisotopic (exact) mass is 273 g/mol. The molecule has 1 amide bonds. The lowest BCUT2D eigenvalue weighted by molar-refractivity contribution is -0.121. The Kier molecular flexibility index (Phi) is 4.87. The fraction of sp³-hybridized carbons (Fsp3) is 0.400. The van der Waals surface area contributed by atoms with Crippen molar-refractivity contribution in [1.82, 2.24) is 15.5 Å². The second kappa shape index (κ2) is 6.84. The van der Waals surface area contributed by atoms with E-state index in [2.05, 4.69) is 15.5 Å². The molecule has 20 heavy (non-hydrogen) atoms. The molecule has 0 bridgehead atoms. The first-order chi connectivity index (χ1) is 9.69. The molecule has 0 atom stereocenters. The number of nitrogens with zero attached hydrogens (tertiary/aromatic N) is 2. The van der Waals surface area contributed by atoms with E-state index in [0.29, 0.717) is 31.1 Å². The molecule has 0 saturated carbocycles. The van der Waals surface area contributed by atoms with Crippen LogP contribution in [0.5, 0.6) is 0 Å². The summed E-state index contributed by atoms with van der Waals surface area (Å²) in [5.41, 5.74) is 2.12. The number of carbonyl (C=O) groups is 1. The minimum Gasteiger partial charge on any atom is -0.356 e. The highest BCUT2D eigenvalue weighted by Gasteiger charge is 2.08. The predicted octanol–water partition coefficient (Wildman–Crippen LogP) is 2.50. The zero-order chi connectivity index (χ0) is 14.4. The van der Waals surface area contributed by atoms with Crippen LogP contribution in [0.25, 0.3) is 11.4 Å². The van der Waals surface area contributed by atoms with Gasteiger partial charge in [-0.1, -0.05) is 41.9 Å². The summed E-state index contributed by atoms with van der Waals surface area (Å²) in [7, 11) is 0. The van der Waals surface area contributed by atoms with Crippen LogP contribution >= 0.6 is 0 Å². The zero-order valence-electron chi connectivity index (χ0n) is 11.8. The maximum Gasteiger partial charge on any atom is 0.228 e. The fourth-order valence-corrected chi connectivity index (χ4v) is 1.80. The molecule has 1 heterocycles. The highest BCUT2D eigenvalue weighted by molar-refractivity contribution is 5.75. The van der Waals surface area contributed by atoms with Crippen LogP contribution in [0.4, 0.5) is 0 Å². The van der Waals surface area contributed by atoms with E-state index in [-0.39, 0.29) is 5.91 Å². The molecule has 0 aliphatic rings. The number of hydrogen-bond acceptors (Lipinski definition) is 4. The predicted molar refractivity (Wildman–Crippen MR) is 76.1 cm³/mol. The van der Waals surface area contributed by atoms with Crippen LogP contribution in [0.3, 0.4) is 0 Å². The van der Waals surface area contributed by atoms with Gasteiger partial charge in [0.15, 0.2) is 0 Å². The van der Waals surface area contributed by atoms with Crippen LogP contribution < -0.4 is 5.32 Å². The topological polar surface area (TPSA) is 68.0 Å². The maximum atomic E-state index is 11.3. The fourth-order valence-electron chi connectivity index (χ4n) is 1.80. The summed E-state index contributed by atoms with van der Waals surface area (Å²) >= 11 is 0. The van der Waals surface area contributed by atoms with Crippen LogP contribution in [-0.2, 0) is 11.2 Å². The van der Waals surface area contributed by atoms with Gasteiger partial charge in [-0.2, -0.15) is 4.98 Å². The van der Waals surface area contributed by atoms with Gasteiger partial charge in [0, 0.05) is 24.9 Å². The van der Waals surface area contributed by atoms with E-state index in [4.69, 9.17) is 4.52 Å². The van der Waals surface area contributed by atoms with Gasteiger partial charge in [-0.3, -0.25) is 4.79 Å². The second-order valence-electron chi connectivity index (χ2n) is 4.73. The number of aryl methyl sites for hydroxylation is 1. The van der Waals surface area contributed by atoms with Crippen molar-refractivity contribution in [2.45, 2.75) is 33.1 Å². The minimum atomic E-state index is 0.0609. The van der Waals surface area contributed by atoms with Gasteiger partial charge >= 0.3 is 0 Å². The van der Waals surface area contributed by atoms with Crippen LogP contribution in [0, 0.1) is 6.92 Å². The Balaban J connectivity index is 1.89. The van der Waals surface area contributed by atoms with Gasteiger partial charge in [0.2, 0.25) is 17.6 Å². The SMILES string of the molecule is CCCC(=O)NCCc1nc(-c2ccc(C)cc2)no1. The van der Waals surface area contributed by atoms with Gasteiger partial charge in [-0.05, 0) is 13.3 Å². The molecule has 1 aromatic heterocycles. The van der Waals surface area contributed by atoms with Crippen molar-refractivity contribution < 1.29 is 9.32 Å². The van der Waals surface area contributed by atoms with Gasteiger partial charge in [0.1, 0.15) is 0 Å². The Morgan fingerprint density at radius 3 is 2.75 bits per heavy atom. The summed E-state index contributed by atoms with van der Waals surface area (Å²) in [6.45, 7) is 4.53. The van der Waals surface area contributed by atoms with Crippen molar-refractivity contribution >= 4 is 5.91 Å². The third-order valence-electron chi connectivity index (χ3n) is 2.92. The van der Waals surface area contributed by atoms with E-state index < -0.39 is 0 Å². The molecule has 0 aliphatic heterocycles. The first-order valence-electron chi connectivity index (χ1n) is 6.85. The van der Waals surface area contributed by atoms with Crippen molar-refractivity contribution in [3.05, 3.63) is 35.7 Å². The van der Waals surface area contributed by atoms with Crippen molar-refractivity contribution in [2.75, 3.05) is 6.54 Å². The van der Waals surface area contributed by atoms with E-state index in [0.717, 1.165) is 12.0 Å². The molecule has 2 rings (SSSR count). The third kappa shape index (κ3) is 3.91. The second-order valence-corrected chi connectivity index (χ2v) is 4.73. The normalized spacial score (nSPS) is 10.5. The summed E-state index contributed by atoms with van der Waals surface area (Å²) in [4.78, 5) is 15.6. The molecular weight excluding hydrogens is 254 g/mol. The Hall–Kier alpha value is -2.17. The highest BCUT2D eigenvalue weighted by Crippen LogP contribution is 2.16. The maximum absolute atomic E-state index is 11.3. The Labute approximate surface area is 118 Å². The first-order valence-corrected chi connectivity index (χ1v) is 6.85.